The van der Waals surface area contributed by atoms with E-state index in [1.54, 1.807) is 18.3 Å². The van der Waals surface area contributed by atoms with Gasteiger partial charge in [-0.05, 0) is 46.8 Å². The molecule has 1 N–H and O–H groups in total. The quantitative estimate of drug-likeness (QED) is 0.858. The van der Waals surface area contributed by atoms with Crippen molar-refractivity contribution in [2.75, 3.05) is 6.54 Å². The number of amides is 1. The number of hydrogen-bond acceptors (Lipinski definition) is 3. The summed E-state index contributed by atoms with van der Waals surface area (Å²) in [6, 6.07) is 2.59. The van der Waals surface area contributed by atoms with Crippen molar-refractivity contribution in [1.82, 2.24) is 9.88 Å². The van der Waals surface area contributed by atoms with Crippen molar-refractivity contribution < 1.29 is 14.7 Å². The van der Waals surface area contributed by atoms with Crippen LogP contribution < -0.4 is 0 Å². The third-order valence-electron chi connectivity index (χ3n) is 3.82. The molecule has 2 rings (SSSR count). The van der Waals surface area contributed by atoms with Crippen molar-refractivity contribution in [1.29, 1.82) is 0 Å². The molecule has 0 aliphatic carbocycles. The number of likely N-dealkylation sites (tertiary alicyclic amines) is 1. The summed E-state index contributed by atoms with van der Waals surface area (Å²) in [5.41, 5.74) is 0.411. The highest BCUT2D eigenvalue weighted by molar-refractivity contribution is 9.10. The van der Waals surface area contributed by atoms with E-state index in [4.69, 9.17) is 0 Å². The van der Waals surface area contributed by atoms with Crippen LogP contribution in [-0.2, 0) is 4.79 Å². The van der Waals surface area contributed by atoms with Crippen LogP contribution in [0.1, 0.15) is 36.5 Å². The molecule has 20 heavy (non-hydrogen) atoms. The van der Waals surface area contributed by atoms with Crippen molar-refractivity contribution in [3.05, 3.63) is 28.5 Å². The second kappa shape index (κ2) is 6.35. The minimum Gasteiger partial charge on any atom is -0.480 e. The van der Waals surface area contributed by atoms with Gasteiger partial charge >= 0.3 is 5.97 Å². The molecule has 1 aromatic rings. The normalized spacial score (nSPS) is 22.6. The van der Waals surface area contributed by atoms with Gasteiger partial charge < -0.3 is 10.0 Å². The minimum atomic E-state index is -0.934. The Kier molecular flexibility index (Phi) is 4.75. The first-order chi connectivity index (χ1) is 9.54. The summed E-state index contributed by atoms with van der Waals surface area (Å²) in [5, 5.41) is 9.37. The van der Waals surface area contributed by atoms with Crippen LogP contribution in [-0.4, -0.2) is 39.5 Å². The molecule has 0 spiro atoms. The number of carboxylic acids is 1. The Labute approximate surface area is 126 Å². The lowest BCUT2D eigenvalue weighted by atomic mass is 9.88. The maximum Gasteiger partial charge on any atom is 0.326 e. The Morgan fingerprint density at radius 2 is 2.30 bits per heavy atom. The molecule has 6 heteroatoms. The lowest BCUT2D eigenvalue weighted by molar-refractivity contribution is -0.144. The molecule has 2 unspecified atom stereocenters. The third kappa shape index (κ3) is 3.00. The molecule has 5 nitrogen and oxygen atoms in total. The number of halogens is 1. The van der Waals surface area contributed by atoms with E-state index in [-0.39, 0.29) is 5.91 Å². The number of rotatable bonds is 3. The predicted molar refractivity (Wildman–Crippen MR) is 77.4 cm³/mol. The molecule has 2 heterocycles. The summed E-state index contributed by atoms with van der Waals surface area (Å²) >= 11 is 3.24. The zero-order valence-corrected chi connectivity index (χ0v) is 12.8. The van der Waals surface area contributed by atoms with Crippen LogP contribution in [0.2, 0.25) is 0 Å². The number of carboxylic acid groups (broad SMARTS) is 1. The summed E-state index contributed by atoms with van der Waals surface area (Å²) in [6.45, 7) is 2.54. The Balaban J connectivity index is 2.24. The Hall–Kier alpha value is -1.43. The van der Waals surface area contributed by atoms with Crippen LogP contribution in [0.3, 0.4) is 0 Å². The standard InChI is InChI=1S/C14H17BrN2O3/c1-2-9-5-7-17(11(8-9)14(19)20)13(18)10-4-3-6-16-12(10)15/h3-4,6,9,11H,2,5,7-8H2,1H3,(H,19,20). The van der Waals surface area contributed by atoms with Gasteiger partial charge in [0.25, 0.3) is 5.91 Å². The van der Waals surface area contributed by atoms with Gasteiger partial charge in [0.1, 0.15) is 10.6 Å². The minimum absolute atomic E-state index is 0.271. The smallest absolute Gasteiger partial charge is 0.326 e. The largest absolute Gasteiger partial charge is 0.480 e. The van der Waals surface area contributed by atoms with Gasteiger partial charge in [0.2, 0.25) is 0 Å². The Morgan fingerprint density at radius 3 is 2.90 bits per heavy atom. The second-order valence-electron chi connectivity index (χ2n) is 4.99. The van der Waals surface area contributed by atoms with E-state index < -0.39 is 12.0 Å². The van der Waals surface area contributed by atoms with E-state index in [0.717, 1.165) is 12.8 Å². The fourth-order valence-electron chi connectivity index (χ4n) is 2.59. The van der Waals surface area contributed by atoms with Gasteiger partial charge in [-0.25, -0.2) is 9.78 Å². The van der Waals surface area contributed by atoms with Crippen LogP contribution in [0.5, 0.6) is 0 Å². The van der Waals surface area contributed by atoms with Gasteiger partial charge in [-0.3, -0.25) is 4.79 Å². The molecular formula is C14H17BrN2O3. The number of nitrogens with zero attached hydrogens (tertiary/aromatic N) is 2. The van der Waals surface area contributed by atoms with Crippen LogP contribution in [0.4, 0.5) is 0 Å². The van der Waals surface area contributed by atoms with Crippen LogP contribution in [0.15, 0.2) is 22.9 Å². The summed E-state index contributed by atoms with van der Waals surface area (Å²) in [7, 11) is 0. The highest BCUT2D eigenvalue weighted by Crippen LogP contribution is 2.28. The number of carbonyl (C=O) groups is 2. The average molecular weight is 341 g/mol. The SMILES string of the molecule is CCC1CCN(C(=O)c2cccnc2Br)C(C(=O)O)C1. The molecular weight excluding hydrogens is 324 g/mol. The molecule has 1 aliphatic rings. The van der Waals surface area contributed by atoms with Crippen molar-refractivity contribution >= 4 is 27.8 Å². The summed E-state index contributed by atoms with van der Waals surface area (Å²) < 4.78 is 0.451. The van der Waals surface area contributed by atoms with E-state index in [1.165, 1.54) is 4.90 Å². The van der Waals surface area contributed by atoms with Gasteiger partial charge in [-0.1, -0.05) is 13.3 Å². The van der Waals surface area contributed by atoms with Gasteiger partial charge in [0, 0.05) is 12.7 Å². The molecule has 1 saturated heterocycles. The van der Waals surface area contributed by atoms with E-state index in [1.807, 2.05) is 0 Å². The average Bonchev–Trinajstić information content (AvgIpc) is 2.46. The molecule has 0 saturated carbocycles. The van der Waals surface area contributed by atoms with Crippen molar-refractivity contribution in [3.8, 4) is 0 Å². The summed E-state index contributed by atoms with van der Waals surface area (Å²) in [6.07, 6.45) is 3.90. The van der Waals surface area contributed by atoms with Crippen molar-refractivity contribution in [2.24, 2.45) is 5.92 Å². The highest BCUT2D eigenvalue weighted by Gasteiger charge is 2.36. The lowest BCUT2D eigenvalue weighted by Crippen LogP contribution is -2.50. The zero-order valence-electron chi connectivity index (χ0n) is 11.3. The summed E-state index contributed by atoms with van der Waals surface area (Å²) in [5.74, 6) is -0.832. The van der Waals surface area contributed by atoms with Crippen LogP contribution in [0.25, 0.3) is 0 Å². The number of hydrogen-bond donors (Lipinski definition) is 1. The van der Waals surface area contributed by atoms with E-state index >= 15 is 0 Å². The van der Waals surface area contributed by atoms with E-state index in [2.05, 4.69) is 27.8 Å². The van der Waals surface area contributed by atoms with E-state index in [0.29, 0.717) is 29.1 Å². The topological polar surface area (TPSA) is 70.5 Å². The summed E-state index contributed by atoms with van der Waals surface area (Å²) in [4.78, 5) is 29.4. The Bertz CT molecular complexity index is 521. The Morgan fingerprint density at radius 1 is 1.55 bits per heavy atom. The molecule has 1 amide bonds. The maximum absolute atomic E-state index is 12.5. The van der Waals surface area contributed by atoms with Gasteiger partial charge in [0.05, 0.1) is 5.56 Å². The van der Waals surface area contributed by atoms with Gasteiger partial charge in [0.15, 0.2) is 0 Å². The fraction of sp³-hybridized carbons (Fsp3) is 0.500. The predicted octanol–water partition coefficient (Wildman–Crippen LogP) is 2.56. The first kappa shape index (κ1) is 15.0. The number of aromatic nitrogens is 1. The molecule has 1 aliphatic heterocycles. The van der Waals surface area contributed by atoms with Crippen molar-refractivity contribution in [2.45, 2.75) is 32.2 Å². The highest BCUT2D eigenvalue weighted by atomic mass is 79.9. The fourth-order valence-corrected chi connectivity index (χ4v) is 3.01. The molecule has 1 fully saturated rings. The molecule has 0 aromatic carbocycles. The molecule has 0 radical (unpaired) electrons. The van der Waals surface area contributed by atoms with E-state index in [9.17, 15) is 14.7 Å². The number of carbonyl (C=O) groups excluding carboxylic acids is 1. The maximum atomic E-state index is 12.5. The molecule has 0 bridgehead atoms. The zero-order chi connectivity index (χ0) is 14.7. The second-order valence-corrected chi connectivity index (χ2v) is 5.74. The lowest BCUT2D eigenvalue weighted by Gasteiger charge is -2.37. The molecule has 1 aromatic heterocycles. The van der Waals surface area contributed by atoms with Gasteiger partial charge in [-0.15, -0.1) is 0 Å². The number of aliphatic carboxylic acids is 1. The molecule has 2 atom stereocenters. The van der Waals surface area contributed by atoms with Crippen LogP contribution in [0, 0.1) is 5.92 Å². The van der Waals surface area contributed by atoms with Crippen LogP contribution >= 0.6 is 15.9 Å². The molecule has 108 valence electrons. The number of pyridine rings is 1. The first-order valence-electron chi connectivity index (χ1n) is 6.68. The van der Waals surface area contributed by atoms with Crippen molar-refractivity contribution in [3.63, 3.8) is 0 Å². The third-order valence-corrected chi connectivity index (χ3v) is 4.46. The van der Waals surface area contributed by atoms with Gasteiger partial charge in [-0.2, -0.15) is 0 Å². The first-order valence-corrected chi connectivity index (χ1v) is 7.48. The monoisotopic (exact) mass is 340 g/mol. The number of piperidine rings is 1.